The van der Waals surface area contributed by atoms with E-state index in [4.69, 9.17) is 21.1 Å². The predicted octanol–water partition coefficient (Wildman–Crippen LogP) is 3.27. The third-order valence-electron chi connectivity index (χ3n) is 1.77. The molecule has 0 heterocycles. The molecule has 0 radical (unpaired) electrons. The van der Waals surface area contributed by atoms with Crippen molar-refractivity contribution in [1.29, 1.82) is 0 Å². The van der Waals surface area contributed by atoms with Gasteiger partial charge in [-0.3, -0.25) is 0 Å². The van der Waals surface area contributed by atoms with Crippen molar-refractivity contribution in [3.63, 3.8) is 0 Å². The lowest BCUT2D eigenvalue weighted by atomic mass is 10.2. The summed E-state index contributed by atoms with van der Waals surface area (Å²) in [5.74, 6) is 1.50. The second-order valence-electron chi connectivity index (χ2n) is 2.63. The van der Waals surface area contributed by atoms with Crippen LogP contribution >= 0.6 is 11.6 Å². The number of methoxy groups -OCH3 is 1. The third kappa shape index (κ3) is 2.67. The first-order chi connectivity index (χ1) is 6.81. The number of hydrogen-bond donors (Lipinski definition) is 0. The van der Waals surface area contributed by atoms with Crippen LogP contribution in [0.3, 0.4) is 0 Å². The zero-order valence-corrected chi connectivity index (χ0v) is 9.04. The van der Waals surface area contributed by atoms with Crippen molar-refractivity contribution in [2.24, 2.45) is 0 Å². The summed E-state index contributed by atoms with van der Waals surface area (Å²) in [5.41, 5.74) is 2.38. The van der Waals surface area contributed by atoms with Crippen LogP contribution in [0.15, 0.2) is 29.8 Å². The zero-order valence-electron chi connectivity index (χ0n) is 8.29. The van der Waals surface area contributed by atoms with Crippen LogP contribution in [0.1, 0.15) is 12.5 Å². The first kappa shape index (κ1) is 10.9. The number of halogens is 1. The Morgan fingerprint density at radius 3 is 2.43 bits per heavy atom. The lowest BCUT2D eigenvalue weighted by molar-refractivity contribution is 0.298. The van der Waals surface area contributed by atoms with Gasteiger partial charge in [0.2, 0.25) is 0 Å². The van der Waals surface area contributed by atoms with Gasteiger partial charge >= 0.3 is 0 Å². The molecule has 0 fully saturated rings. The first-order valence-electron chi connectivity index (χ1n) is 4.39. The molecule has 0 saturated heterocycles. The standard InChI is InChI=1S/C11H13ClO2/c1-3-14-11(8-12)9-4-6-10(13-2)7-5-9/h4-8H,3H2,1-2H3/b11-8+. The van der Waals surface area contributed by atoms with E-state index >= 15 is 0 Å². The molecular weight excluding hydrogens is 200 g/mol. The van der Waals surface area contributed by atoms with Crippen LogP contribution in [-0.2, 0) is 4.74 Å². The zero-order chi connectivity index (χ0) is 10.4. The fourth-order valence-electron chi connectivity index (χ4n) is 1.09. The molecule has 0 aliphatic carbocycles. The fourth-order valence-corrected chi connectivity index (χ4v) is 1.28. The Balaban J connectivity index is 2.84. The van der Waals surface area contributed by atoms with Crippen molar-refractivity contribution >= 4 is 17.4 Å². The Hall–Kier alpha value is -1.15. The van der Waals surface area contributed by atoms with Crippen molar-refractivity contribution in [1.82, 2.24) is 0 Å². The SMILES string of the molecule is CCO/C(=C/Cl)c1ccc(OC)cc1. The van der Waals surface area contributed by atoms with Crippen molar-refractivity contribution in [3.8, 4) is 5.75 Å². The second-order valence-corrected chi connectivity index (χ2v) is 2.85. The van der Waals surface area contributed by atoms with Gasteiger partial charge in [-0.15, -0.1) is 0 Å². The highest BCUT2D eigenvalue weighted by Crippen LogP contribution is 2.20. The quantitative estimate of drug-likeness (QED) is 0.714. The van der Waals surface area contributed by atoms with Crippen molar-refractivity contribution in [3.05, 3.63) is 35.4 Å². The predicted molar refractivity (Wildman–Crippen MR) is 58.5 cm³/mol. The Kier molecular flexibility index (Phi) is 4.33. The van der Waals surface area contributed by atoms with Crippen LogP contribution < -0.4 is 4.74 Å². The summed E-state index contributed by atoms with van der Waals surface area (Å²) in [7, 11) is 1.63. The van der Waals surface area contributed by atoms with Gasteiger partial charge in [-0.05, 0) is 31.2 Å². The Labute approximate surface area is 89.1 Å². The molecule has 14 heavy (non-hydrogen) atoms. The van der Waals surface area contributed by atoms with E-state index in [1.165, 1.54) is 5.54 Å². The molecule has 0 N–H and O–H groups in total. The van der Waals surface area contributed by atoms with Crippen molar-refractivity contribution in [2.75, 3.05) is 13.7 Å². The minimum atomic E-state index is 0.602. The molecule has 0 spiro atoms. The molecule has 2 nitrogen and oxygen atoms in total. The molecule has 0 amide bonds. The van der Waals surface area contributed by atoms with Crippen LogP contribution in [0, 0.1) is 0 Å². The van der Waals surface area contributed by atoms with Crippen molar-refractivity contribution in [2.45, 2.75) is 6.92 Å². The molecule has 0 bridgehead atoms. The highest BCUT2D eigenvalue weighted by Gasteiger charge is 2.01. The summed E-state index contributed by atoms with van der Waals surface area (Å²) in [6.45, 7) is 2.52. The Morgan fingerprint density at radius 1 is 1.36 bits per heavy atom. The van der Waals surface area contributed by atoms with Crippen LogP contribution in [0.4, 0.5) is 0 Å². The minimum absolute atomic E-state index is 0.602. The number of benzene rings is 1. The van der Waals surface area contributed by atoms with Gasteiger partial charge in [0.1, 0.15) is 11.5 Å². The van der Waals surface area contributed by atoms with Gasteiger partial charge < -0.3 is 9.47 Å². The van der Waals surface area contributed by atoms with E-state index in [1.54, 1.807) is 7.11 Å². The van der Waals surface area contributed by atoms with E-state index in [1.807, 2.05) is 31.2 Å². The molecule has 3 heteroatoms. The Bertz CT molecular complexity index is 304. The third-order valence-corrected chi connectivity index (χ3v) is 1.97. The van der Waals surface area contributed by atoms with Crippen LogP contribution in [0.2, 0.25) is 0 Å². The van der Waals surface area contributed by atoms with Gasteiger partial charge in [0, 0.05) is 11.1 Å². The second kappa shape index (κ2) is 5.55. The molecule has 1 rings (SSSR count). The van der Waals surface area contributed by atoms with Gasteiger partial charge in [0.15, 0.2) is 0 Å². The topological polar surface area (TPSA) is 18.5 Å². The van der Waals surface area contributed by atoms with Crippen molar-refractivity contribution < 1.29 is 9.47 Å². The van der Waals surface area contributed by atoms with E-state index in [2.05, 4.69) is 0 Å². The van der Waals surface area contributed by atoms with Gasteiger partial charge in [0.25, 0.3) is 0 Å². The fraction of sp³-hybridized carbons (Fsp3) is 0.273. The summed E-state index contributed by atoms with van der Waals surface area (Å²) in [6, 6.07) is 7.55. The number of ether oxygens (including phenoxy) is 2. The maximum atomic E-state index is 5.64. The molecule has 76 valence electrons. The van der Waals surface area contributed by atoms with E-state index in [-0.39, 0.29) is 0 Å². The number of rotatable bonds is 4. The van der Waals surface area contributed by atoms with Gasteiger partial charge in [0.05, 0.1) is 13.7 Å². The lowest BCUT2D eigenvalue weighted by Gasteiger charge is -2.07. The van der Waals surface area contributed by atoms with Crippen LogP contribution in [0.5, 0.6) is 5.75 Å². The number of hydrogen-bond acceptors (Lipinski definition) is 2. The van der Waals surface area contributed by atoms with E-state index in [0.717, 1.165) is 11.3 Å². The summed E-state index contributed by atoms with van der Waals surface area (Å²) in [6.07, 6.45) is 0. The summed E-state index contributed by atoms with van der Waals surface area (Å²) in [5, 5.41) is 0. The molecule has 0 aliphatic heterocycles. The molecule has 1 aromatic rings. The smallest absolute Gasteiger partial charge is 0.137 e. The monoisotopic (exact) mass is 212 g/mol. The highest BCUT2D eigenvalue weighted by atomic mass is 35.5. The molecule has 0 saturated carbocycles. The molecule has 0 aromatic heterocycles. The van der Waals surface area contributed by atoms with E-state index in [0.29, 0.717) is 12.4 Å². The Morgan fingerprint density at radius 2 is 2.00 bits per heavy atom. The van der Waals surface area contributed by atoms with Crippen LogP contribution in [-0.4, -0.2) is 13.7 Å². The molecule has 0 atom stereocenters. The maximum absolute atomic E-state index is 5.64. The summed E-state index contributed by atoms with van der Waals surface area (Å²) in [4.78, 5) is 0. The summed E-state index contributed by atoms with van der Waals surface area (Å²) < 4.78 is 10.4. The van der Waals surface area contributed by atoms with Gasteiger partial charge in [-0.1, -0.05) is 11.6 Å². The van der Waals surface area contributed by atoms with Gasteiger partial charge in [-0.2, -0.15) is 0 Å². The van der Waals surface area contributed by atoms with Crippen LogP contribution in [0.25, 0.3) is 5.76 Å². The minimum Gasteiger partial charge on any atom is -0.497 e. The molecule has 1 aromatic carbocycles. The molecule has 0 unspecified atom stereocenters. The summed E-state index contributed by atoms with van der Waals surface area (Å²) >= 11 is 5.64. The van der Waals surface area contributed by atoms with E-state index in [9.17, 15) is 0 Å². The van der Waals surface area contributed by atoms with E-state index < -0.39 is 0 Å². The maximum Gasteiger partial charge on any atom is 0.137 e. The molecule has 0 aliphatic rings. The average molecular weight is 213 g/mol. The lowest BCUT2D eigenvalue weighted by Crippen LogP contribution is -1.91. The highest BCUT2D eigenvalue weighted by molar-refractivity contribution is 6.27. The molecular formula is C11H13ClO2. The average Bonchev–Trinajstić information content (AvgIpc) is 2.26. The normalized spacial score (nSPS) is 11.2. The van der Waals surface area contributed by atoms with Gasteiger partial charge in [-0.25, -0.2) is 0 Å². The largest absolute Gasteiger partial charge is 0.497 e. The first-order valence-corrected chi connectivity index (χ1v) is 4.83.